The number of rotatable bonds is 2. The van der Waals surface area contributed by atoms with Crippen LogP contribution in [-0.4, -0.2) is 30.7 Å². The van der Waals surface area contributed by atoms with Crippen molar-refractivity contribution in [2.75, 3.05) is 0 Å². The van der Waals surface area contributed by atoms with E-state index in [1.807, 2.05) is 23.0 Å². The van der Waals surface area contributed by atoms with E-state index in [4.69, 9.17) is 0 Å². The zero-order chi connectivity index (χ0) is 19.1. The van der Waals surface area contributed by atoms with Crippen molar-refractivity contribution in [1.29, 1.82) is 0 Å². The van der Waals surface area contributed by atoms with Gasteiger partial charge in [0.2, 0.25) is 0 Å². The smallest absolute Gasteiger partial charge is 0.323 e. The van der Waals surface area contributed by atoms with E-state index < -0.39 is 0 Å². The second kappa shape index (κ2) is 6.49. The predicted molar refractivity (Wildman–Crippen MR) is 104 cm³/mol. The molecule has 4 heterocycles. The number of hydrogen-bond acceptors (Lipinski definition) is 3. The van der Waals surface area contributed by atoms with Gasteiger partial charge in [0.25, 0.3) is 0 Å². The molecule has 0 amide bonds. The summed E-state index contributed by atoms with van der Waals surface area (Å²) >= 11 is 0. The molecule has 3 N–H and O–H groups in total. The second-order valence-corrected chi connectivity index (χ2v) is 6.72. The summed E-state index contributed by atoms with van der Waals surface area (Å²) in [6.07, 6.45) is 13.1. The van der Waals surface area contributed by atoms with Gasteiger partial charge in [0.1, 0.15) is 11.6 Å². The monoisotopic (exact) mass is 376 g/mol. The Balaban J connectivity index is 1.78. The molecule has 0 radical (unpaired) electrons. The minimum Gasteiger partial charge on any atom is -0.346 e. The lowest BCUT2D eigenvalue weighted by molar-refractivity contribution is 0.661. The minimum absolute atomic E-state index is 0.236. The number of fused-ring (bicyclic) bond motifs is 1. The first-order valence-corrected chi connectivity index (χ1v) is 8.97. The molecule has 2 aliphatic rings. The van der Waals surface area contributed by atoms with Gasteiger partial charge in [0.15, 0.2) is 0 Å². The van der Waals surface area contributed by atoms with Gasteiger partial charge in [-0.15, -0.1) is 0 Å². The highest BCUT2D eigenvalue weighted by Gasteiger charge is 2.17. The fourth-order valence-corrected chi connectivity index (χ4v) is 3.67. The van der Waals surface area contributed by atoms with Crippen LogP contribution in [0.15, 0.2) is 58.6 Å². The molecule has 0 spiro atoms. The molecule has 0 fully saturated rings. The van der Waals surface area contributed by atoms with Gasteiger partial charge in [-0.1, -0.05) is 6.08 Å². The lowest BCUT2D eigenvalue weighted by atomic mass is 10.0. The van der Waals surface area contributed by atoms with E-state index in [1.165, 1.54) is 6.08 Å². The van der Waals surface area contributed by atoms with E-state index in [-0.39, 0.29) is 11.5 Å². The molecule has 28 heavy (non-hydrogen) atoms. The Morgan fingerprint density at radius 2 is 2.14 bits per heavy atom. The number of aliphatic imine (C=N–C) groups is 1. The van der Waals surface area contributed by atoms with E-state index in [0.717, 1.165) is 38.9 Å². The van der Waals surface area contributed by atoms with Gasteiger partial charge in [-0.25, -0.2) is 19.2 Å². The van der Waals surface area contributed by atoms with E-state index in [9.17, 15) is 9.18 Å². The Morgan fingerprint density at radius 3 is 2.93 bits per heavy atom. The maximum Gasteiger partial charge on any atom is 0.323 e. The van der Waals surface area contributed by atoms with Gasteiger partial charge < -0.3 is 19.5 Å². The zero-order valence-electron chi connectivity index (χ0n) is 14.9. The summed E-state index contributed by atoms with van der Waals surface area (Å²) in [6.45, 7) is 0.461. The van der Waals surface area contributed by atoms with Crippen LogP contribution in [0.2, 0.25) is 0 Å². The molecule has 0 unspecified atom stereocenters. The average Bonchev–Trinajstić information content (AvgIpc) is 3.42. The third-order valence-corrected chi connectivity index (χ3v) is 4.95. The summed E-state index contributed by atoms with van der Waals surface area (Å²) in [5, 5.41) is 1.76. The van der Waals surface area contributed by atoms with E-state index >= 15 is 0 Å². The molecule has 8 heteroatoms. The second-order valence-electron chi connectivity index (χ2n) is 6.72. The minimum atomic E-state index is -0.243. The quantitative estimate of drug-likeness (QED) is 0.633. The normalized spacial score (nSPS) is 19.7. The van der Waals surface area contributed by atoms with Gasteiger partial charge in [-0.3, -0.25) is 0 Å². The molecule has 0 bridgehead atoms. The van der Waals surface area contributed by atoms with Gasteiger partial charge in [-0.2, -0.15) is 0 Å². The van der Waals surface area contributed by atoms with Crippen molar-refractivity contribution in [3.05, 3.63) is 81.3 Å². The lowest BCUT2D eigenvalue weighted by Crippen LogP contribution is -2.35. The fourth-order valence-electron chi connectivity index (χ4n) is 3.67. The molecular weight excluding hydrogens is 359 g/mol. The van der Waals surface area contributed by atoms with E-state index in [0.29, 0.717) is 19.4 Å². The maximum atomic E-state index is 13.4. The van der Waals surface area contributed by atoms with E-state index in [2.05, 4.69) is 24.9 Å². The molecule has 3 aromatic rings. The average molecular weight is 376 g/mol. The number of imidazole rings is 2. The molecule has 3 aromatic heterocycles. The summed E-state index contributed by atoms with van der Waals surface area (Å²) in [4.78, 5) is 29.1. The fraction of sp³-hybridized carbons (Fsp3) is 0.150. The Hall–Kier alpha value is -3.68. The number of allylic oxidation sites excluding steroid dienone is 4. The summed E-state index contributed by atoms with van der Waals surface area (Å²) in [7, 11) is 0. The summed E-state index contributed by atoms with van der Waals surface area (Å²) in [6, 6.07) is 2.00. The number of H-pyrrole nitrogens is 3. The van der Waals surface area contributed by atoms with Crippen molar-refractivity contribution in [3.63, 3.8) is 0 Å². The van der Waals surface area contributed by atoms with Crippen LogP contribution in [0.3, 0.4) is 0 Å². The highest BCUT2D eigenvalue weighted by Crippen LogP contribution is 2.28. The third kappa shape index (κ3) is 2.79. The zero-order valence-corrected chi connectivity index (χ0v) is 14.9. The van der Waals surface area contributed by atoms with Crippen LogP contribution in [0.5, 0.6) is 0 Å². The number of nitrogens with one attached hydrogen (secondary N) is 3. The van der Waals surface area contributed by atoms with Crippen LogP contribution < -0.4 is 16.4 Å². The summed E-state index contributed by atoms with van der Waals surface area (Å²) < 4.78 is 15.5. The molecule has 0 atom stereocenters. The first-order valence-electron chi connectivity index (χ1n) is 8.97. The van der Waals surface area contributed by atoms with Crippen molar-refractivity contribution < 1.29 is 4.39 Å². The molecule has 0 saturated carbocycles. The third-order valence-electron chi connectivity index (χ3n) is 4.95. The van der Waals surface area contributed by atoms with Crippen molar-refractivity contribution in [3.8, 4) is 0 Å². The highest BCUT2D eigenvalue weighted by atomic mass is 19.1. The molecular formula is C20H17FN6O. The van der Waals surface area contributed by atoms with Crippen molar-refractivity contribution in [2.24, 2.45) is 4.99 Å². The topological polar surface area (TPSA) is 94.6 Å². The van der Waals surface area contributed by atoms with Gasteiger partial charge in [0.05, 0.1) is 29.3 Å². The molecule has 0 aromatic carbocycles. The highest BCUT2D eigenvalue weighted by molar-refractivity contribution is 5.88. The Bertz CT molecular complexity index is 1330. The van der Waals surface area contributed by atoms with Crippen LogP contribution in [0, 0.1) is 0 Å². The number of hydrogen-bond donors (Lipinski definition) is 3. The van der Waals surface area contributed by atoms with Crippen LogP contribution in [-0.2, 0) is 6.54 Å². The molecule has 140 valence electrons. The van der Waals surface area contributed by atoms with Crippen molar-refractivity contribution in [2.45, 2.75) is 19.4 Å². The molecule has 1 aliphatic carbocycles. The SMILES string of the molecule is O=c1[nH]cc(Cn2cnc(=C3C=CC(F)=CC3)c2=C2CC=Nc3[nH]ccc32)[nH]1. The molecule has 7 nitrogen and oxygen atoms in total. The number of aromatic nitrogens is 5. The predicted octanol–water partition coefficient (Wildman–Crippen LogP) is 1.54. The molecule has 5 rings (SSSR count). The van der Waals surface area contributed by atoms with Crippen molar-refractivity contribution in [1.82, 2.24) is 24.5 Å². The van der Waals surface area contributed by atoms with Crippen LogP contribution in [0.4, 0.5) is 10.2 Å². The van der Waals surface area contributed by atoms with Gasteiger partial charge in [-0.05, 0) is 35.8 Å². The first-order chi connectivity index (χ1) is 13.7. The standard InChI is InChI=1S/C20H17FN6O/c21-13-3-1-12(2-4-13)17-18(15-5-7-22-19-16(15)6-8-23-19)27(11-25-17)10-14-9-24-20(28)26-14/h1,3-4,6-9,11,23H,2,5,10H2,(H2,24,26,28). The summed E-state index contributed by atoms with van der Waals surface area (Å²) in [5.41, 5.74) is 3.57. The Kier molecular flexibility index (Phi) is 3.82. The van der Waals surface area contributed by atoms with Gasteiger partial charge >= 0.3 is 5.69 Å². The molecule has 1 aliphatic heterocycles. The maximum absolute atomic E-state index is 13.4. The Morgan fingerprint density at radius 1 is 1.21 bits per heavy atom. The van der Waals surface area contributed by atoms with Crippen molar-refractivity contribution >= 4 is 23.2 Å². The largest absolute Gasteiger partial charge is 0.346 e. The van der Waals surface area contributed by atoms with Crippen LogP contribution >= 0.6 is 0 Å². The first kappa shape index (κ1) is 16.5. The number of nitrogens with zero attached hydrogens (tertiary/aromatic N) is 3. The van der Waals surface area contributed by atoms with E-state index in [1.54, 1.807) is 24.7 Å². The summed E-state index contributed by atoms with van der Waals surface area (Å²) in [5.74, 6) is 0.574. The van der Waals surface area contributed by atoms with Crippen LogP contribution in [0.1, 0.15) is 24.1 Å². The number of halogens is 1. The Labute approximate surface area is 158 Å². The lowest BCUT2D eigenvalue weighted by Gasteiger charge is -2.11. The van der Waals surface area contributed by atoms with Crippen LogP contribution in [0.25, 0.3) is 11.1 Å². The molecule has 0 saturated heterocycles. The number of aromatic amines is 3. The van der Waals surface area contributed by atoms with Gasteiger partial charge in [0, 0.05) is 30.6 Å².